The van der Waals surface area contributed by atoms with Crippen LogP contribution in [0.3, 0.4) is 0 Å². The van der Waals surface area contributed by atoms with Gasteiger partial charge in [-0.25, -0.2) is 9.97 Å². The number of carbonyl (C=O) groups excluding carboxylic acids is 1. The first-order valence-corrected chi connectivity index (χ1v) is 9.32. The van der Waals surface area contributed by atoms with Crippen molar-refractivity contribution < 1.29 is 4.79 Å². The minimum Gasteiger partial charge on any atom is -0.328 e. The van der Waals surface area contributed by atoms with E-state index in [2.05, 4.69) is 25.2 Å². The molecule has 1 fully saturated rings. The molecule has 0 aromatic carbocycles. The highest BCUT2D eigenvalue weighted by Gasteiger charge is 2.22. The molecule has 132 valence electrons. The third-order valence-electron chi connectivity index (χ3n) is 5.02. The number of nitrogens with zero attached hydrogens (tertiary/aromatic N) is 3. The van der Waals surface area contributed by atoms with Gasteiger partial charge in [-0.1, -0.05) is 11.6 Å². The number of imidazole rings is 1. The van der Waals surface area contributed by atoms with E-state index >= 15 is 0 Å². The Hall–Kier alpha value is -1.92. The summed E-state index contributed by atoms with van der Waals surface area (Å²) in [7, 11) is 0. The van der Waals surface area contributed by atoms with Gasteiger partial charge in [0.15, 0.2) is 0 Å². The molecule has 25 heavy (non-hydrogen) atoms. The van der Waals surface area contributed by atoms with Crippen LogP contribution >= 0.6 is 11.6 Å². The number of amides is 1. The van der Waals surface area contributed by atoms with Crippen LogP contribution in [0.1, 0.15) is 31.5 Å². The molecule has 2 aromatic heterocycles. The second-order valence-electron chi connectivity index (χ2n) is 6.75. The van der Waals surface area contributed by atoms with Gasteiger partial charge in [0.25, 0.3) is 0 Å². The Bertz CT molecular complexity index is 782. The summed E-state index contributed by atoms with van der Waals surface area (Å²) in [5, 5.41) is 6.78. The molecule has 4 heterocycles. The normalized spacial score (nSPS) is 20.1. The van der Waals surface area contributed by atoms with E-state index in [1.54, 1.807) is 6.20 Å². The van der Waals surface area contributed by atoms with Crippen LogP contribution < -0.4 is 10.6 Å². The van der Waals surface area contributed by atoms with E-state index in [9.17, 15) is 4.79 Å². The Morgan fingerprint density at radius 1 is 1.28 bits per heavy atom. The number of nitrogens with one attached hydrogen (secondary N) is 2. The molecule has 7 heteroatoms. The number of halogens is 1. The molecule has 0 aliphatic carbocycles. The number of piperidine rings is 1. The second-order valence-corrected chi connectivity index (χ2v) is 7.16. The van der Waals surface area contributed by atoms with Crippen LogP contribution in [0.15, 0.2) is 18.5 Å². The molecular weight excluding hydrogens is 338 g/mol. The van der Waals surface area contributed by atoms with E-state index in [0.717, 1.165) is 62.4 Å². The fraction of sp³-hybridized carbons (Fsp3) is 0.500. The summed E-state index contributed by atoms with van der Waals surface area (Å²) < 4.78 is 2.22. The topological polar surface area (TPSA) is 71.8 Å². The Kier molecular flexibility index (Phi) is 4.72. The number of anilines is 1. The van der Waals surface area contributed by atoms with E-state index in [4.69, 9.17) is 11.6 Å². The summed E-state index contributed by atoms with van der Waals surface area (Å²) in [4.78, 5) is 21.2. The number of fused-ring (bicyclic) bond motifs is 1. The van der Waals surface area contributed by atoms with Crippen molar-refractivity contribution in [1.29, 1.82) is 0 Å². The number of rotatable bonds is 3. The second kappa shape index (κ2) is 7.14. The molecular formula is C18H22ClN5O. The monoisotopic (exact) mass is 359 g/mol. The van der Waals surface area contributed by atoms with Crippen molar-refractivity contribution in [2.75, 3.05) is 18.4 Å². The van der Waals surface area contributed by atoms with E-state index in [0.29, 0.717) is 10.8 Å². The zero-order valence-corrected chi connectivity index (χ0v) is 14.9. The maximum atomic E-state index is 12.4. The molecule has 0 saturated carbocycles. The van der Waals surface area contributed by atoms with Crippen LogP contribution in [-0.2, 0) is 17.8 Å². The predicted octanol–water partition coefficient (Wildman–Crippen LogP) is 2.87. The zero-order valence-electron chi connectivity index (χ0n) is 14.1. The van der Waals surface area contributed by atoms with Crippen molar-refractivity contribution in [3.05, 3.63) is 29.3 Å². The lowest BCUT2D eigenvalue weighted by Gasteiger charge is -2.22. The predicted molar refractivity (Wildman–Crippen MR) is 97.6 cm³/mol. The van der Waals surface area contributed by atoms with Gasteiger partial charge in [0.2, 0.25) is 5.91 Å². The van der Waals surface area contributed by atoms with Gasteiger partial charge < -0.3 is 15.2 Å². The SMILES string of the molecule is O=C(Nc1cc(-c2cnc3n2CCCC3)c(Cl)cn1)[C@@H]1CCCNC1. The molecule has 1 saturated heterocycles. The molecule has 1 atom stereocenters. The molecule has 2 aromatic rings. The van der Waals surface area contributed by atoms with Gasteiger partial charge in [-0.05, 0) is 38.3 Å². The molecule has 0 unspecified atom stereocenters. The average Bonchev–Trinajstić information content (AvgIpc) is 3.08. The van der Waals surface area contributed by atoms with Crippen LogP contribution in [0, 0.1) is 5.92 Å². The fourth-order valence-corrected chi connectivity index (χ4v) is 3.84. The molecule has 0 bridgehead atoms. The van der Waals surface area contributed by atoms with Crippen LogP contribution in [0.25, 0.3) is 11.3 Å². The number of hydrogen-bond donors (Lipinski definition) is 2. The number of pyridine rings is 1. The lowest BCUT2D eigenvalue weighted by atomic mass is 9.99. The smallest absolute Gasteiger partial charge is 0.229 e. The summed E-state index contributed by atoms with van der Waals surface area (Å²) >= 11 is 6.39. The first kappa shape index (κ1) is 16.5. The van der Waals surface area contributed by atoms with Gasteiger partial charge in [0.1, 0.15) is 11.6 Å². The van der Waals surface area contributed by atoms with Gasteiger partial charge in [0, 0.05) is 31.3 Å². The highest BCUT2D eigenvalue weighted by molar-refractivity contribution is 6.33. The van der Waals surface area contributed by atoms with Crippen molar-refractivity contribution in [2.24, 2.45) is 5.92 Å². The summed E-state index contributed by atoms with van der Waals surface area (Å²) in [5.41, 5.74) is 1.87. The number of hydrogen-bond acceptors (Lipinski definition) is 4. The Morgan fingerprint density at radius 3 is 3.04 bits per heavy atom. The molecule has 1 amide bonds. The Balaban J connectivity index is 1.58. The highest BCUT2D eigenvalue weighted by atomic mass is 35.5. The van der Waals surface area contributed by atoms with Crippen molar-refractivity contribution in [3.8, 4) is 11.3 Å². The maximum Gasteiger partial charge on any atom is 0.229 e. The van der Waals surface area contributed by atoms with Crippen molar-refractivity contribution in [3.63, 3.8) is 0 Å². The van der Waals surface area contributed by atoms with Crippen LogP contribution in [-0.4, -0.2) is 33.5 Å². The van der Waals surface area contributed by atoms with Crippen molar-refractivity contribution in [1.82, 2.24) is 19.9 Å². The van der Waals surface area contributed by atoms with Gasteiger partial charge >= 0.3 is 0 Å². The minimum atomic E-state index is -0.00240. The lowest BCUT2D eigenvalue weighted by Crippen LogP contribution is -2.37. The number of aromatic nitrogens is 3. The standard InChI is InChI=1S/C18H22ClN5O/c19-14-10-21-16(23-18(25)12-4-3-6-20-9-12)8-13(14)15-11-22-17-5-1-2-7-24(15)17/h8,10-12,20H,1-7,9H2,(H,21,23,25)/t12-/m1/s1. The summed E-state index contributed by atoms with van der Waals surface area (Å²) in [6.45, 7) is 2.67. The molecule has 4 rings (SSSR count). The molecule has 2 N–H and O–H groups in total. The van der Waals surface area contributed by atoms with Gasteiger partial charge in [-0.15, -0.1) is 0 Å². The van der Waals surface area contributed by atoms with Crippen molar-refractivity contribution in [2.45, 2.75) is 38.6 Å². The molecule has 2 aliphatic heterocycles. The fourth-order valence-electron chi connectivity index (χ4n) is 3.64. The summed E-state index contributed by atoms with van der Waals surface area (Å²) in [6, 6.07) is 1.86. The van der Waals surface area contributed by atoms with Crippen molar-refractivity contribution >= 4 is 23.3 Å². The van der Waals surface area contributed by atoms with Crippen LogP contribution in [0.2, 0.25) is 5.02 Å². The maximum absolute atomic E-state index is 12.4. The van der Waals surface area contributed by atoms with E-state index < -0.39 is 0 Å². The Morgan fingerprint density at radius 2 is 2.20 bits per heavy atom. The zero-order chi connectivity index (χ0) is 17.2. The number of aryl methyl sites for hydroxylation is 1. The Labute approximate surface area is 152 Å². The quantitative estimate of drug-likeness (QED) is 0.883. The van der Waals surface area contributed by atoms with Gasteiger partial charge in [-0.3, -0.25) is 4.79 Å². The minimum absolute atomic E-state index is 0.00240. The van der Waals surface area contributed by atoms with E-state index in [1.807, 2.05) is 12.3 Å². The molecule has 6 nitrogen and oxygen atoms in total. The molecule has 2 aliphatic rings. The van der Waals surface area contributed by atoms with Crippen LogP contribution in [0.4, 0.5) is 5.82 Å². The van der Waals surface area contributed by atoms with Gasteiger partial charge in [-0.2, -0.15) is 0 Å². The first-order chi connectivity index (χ1) is 12.2. The number of carbonyl (C=O) groups is 1. The van der Waals surface area contributed by atoms with Gasteiger partial charge in [0.05, 0.1) is 22.8 Å². The van der Waals surface area contributed by atoms with Crippen LogP contribution in [0.5, 0.6) is 0 Å². The molecule has 0 spiro atoms. The van der Waals surface area contributed by atoms with E-state index in [-0.39, 0.29) is 11.8 Å². The molecule has 0 radical (unpaired) electrons. The summed E-state index contributed by atoms with van der Waals surface area (Å²) in [5.74, 6) is 1.66. The lowest BCUT2D eigenvalue weighted by molar-refractivity contribution is -0.120. The average molecular weight is 360 g/mol. The third-order valence-corrected chi connectivity index (χ3v) is 5.32. The first-order valence-electron chi connectivity index (χ1n) is 8.94. The van der Waals surface area contributed by atoms with E-state index in [1.165, 1.54) is 6.42 Å². The highest BCUT2D eigenvalue weighted by Crippen LogP contribution is 2.32. The summed E-state index contributed by atoms with van der Waals surface area (Å²) in [6.07, 6.45) is 8.75. The largest absolute Gasteiger partial charge is 0.328 e. The third kappa shape index (κ3) is 3.41.